The van der Waals surface area contributed by atoms with Crippen molar-refractivity contribution in [3.05, 3.63) is 62.5 Å². The van der Waals surface area contributed by atoms with Crippen molar-refractivity contribution in [2.24, 2.45) is 0 Å². The lowest BCUT2D eigenvalue weighted by Crippen LogP contribution is -2.41. The van der Waals surface area contributed by atoms with E-state index in [1.54, 1.807) is 24.8 Å². The van der Waals surface area contributed by atoms with Crippen LogP contribution in [0.1, 0.15) is 44.6 Å². The van der Waals surface area contributed by atoms with Crippen molar-refractivity contribution in [2.45, 2.75) is 39.0 Å². The predicted octanol–water partition coefficient (Wildman–Crippen LogP) is 2.93. The van der Waals surface area contributed by atoms with E-state index in [0.29, 0.717) is 35.6 Å². The van der Waals surface area contributed by atoms with E-state index >= 15 is 0 Å². The molecule has 1 aromatic carbocycles. The molecule has 1 amide bonds. The zero-order valence-electron chi connectivity index (χ0n) is 15.9. The number of carbonyl (C=O) groups is 2. The number of hydrogen-bond donors (Lipinski definition) is 2. The first-order valence-corrected chi connectivity index (χ1v) is 9.26. The average molecular weight is 385 g/mol. The maximum Gasteiger partial charge on any atom is 0.334 e. The van der Waals surface area contributed by atoms with E-state index in [0.717, 1.165) is 19.3 Å². The van der Waals surface area contributed by atoms with Gasteiger partial charge in [-0.05, 0) is 38.7 Å². The quantitative estimate of drug-likeness (QED) is 0.609. The van der Waals surface area contributed by atoms with Crippen molar-refractivity contribution in [1.29, 1.82) is 0 Å². The number of nitro benzene ring substituents is 1. The Labute approximate surface area is 162 Å². The van der Waals surface area contributed by atoms with Gasteiger partial charge in [-0.1, -0.05) is 12.1 Å². The number of piperidine rings is 1. The molecule has 2 heterocycles. The van der Waals surface area contributed by atoms with Gasteiger partial charge in [0.1, 0.15) is 0 Å². The molecular formula is C20H23N3O5. The molecule has 0 spiro atoms. The van der Waals surface area contributed by atoms with E-state index in [9.17, 15) is 24.8 Å². The molecule has 1 saturated heterocycles. The Morgan fingerprint density at radius 3 is 2.39 bits per heavy atom. The second-order valence-corrected chi connectivity index (χ2v) is 7.15. The summed E-state index contributed by atoms with van der Waals surface area (Å²) in [6, 6.07) is 5.85. The second kappa shape index (κ2) is 7.84. The molecule has 8 nitrogen and oxygen atoms in total. The summed E-state index contributed by atoms with van der Waals surface area (Å²) < 4.78 is 0. The fourth-order valence-corrected chi connectivity index (χ4v) is 3.98. The van der Waals surface area contributed by atoms with Gasteiger partial charge in [0.25, 0.3) is 11.6 Å². The van der Waals surface area contributed by atoms with Crippen molar-refractivity contribution in [3.8, 4) is 0 Å². The standard InChI is InChI=1S/C20H23N3O5/c1-12-16(19(24)22-9-4-3-5-10-22)18(17(20(25)26)13(2)21-12)14-7-6-8-15(11-14)23(27)28/h6-8,11,18,21H,3-5,9-10H2,1-2H3,(H,25,26). The number of dihydropyridines is 1. The number of amides is 1. The van der Waals surface area contributed by atoms with Gasteiger partial charge in [-0.3, -0.25) is 14.9 Å². The van der Waals surface area contributed by atoms with Gasteiger partial charge in [-0.25, -0.2) is 4.79 Å². The van der Waals surface area contributed by atoms with Gasteiger partial charge in [0.15, 0.2) is 0 Å². The topological polar surface area (TPSA) is 113 Å². The molecule has 1 aromatic rings. The lowest BCUT2D eigenvalue weighted by atomic mass is 9.79. The minimum Gasteiger partial charge on any atom is -0.478 e. The average Bonchev–Trinajstić information content (AvgIpc) is 2.67. The molecule has 1 fully saturated rings. The normalized spacial score (nSPS) is 20.1. The van der Waals surface area contributed by atoms with Crippen molar-refractivity contribution in [3.63, 3.8) is 0 Å². The molecule has 2 aliphatic heterocycles. The summed E-state index contributed by atoms with van der Waals surface area (Å²) in [4.78, 5) is 37.8. The number of rotatable bonds is 4. The number of carboxylic acid groups (broad SMARTS) is 1. The van der Waals surface area contributed by atoms with Crippen LogP contribution in [0.2, 0.25) is 0 Å². The fraction of sp³-hybridized carbons (Fsp3) is 0.400. The maximum absolute atomic E-state index is 13.3. The number of allylic oxidation sites excluding steroid dienone is 2. The molecule has 3 rings (SSSR count). The van der Waals surface area contributed by atoms with Crippen molar-refractivity contribution >= 4 is 17.6 Å². The molecule has 2 N–H and O–H groups in total. The summed E-state index contributed by atoms with van der Waals surface area (Å²) in [5.74, 6) is -2.24. The van der Waals surface area contributed by atoms with Gasteiger partial charge in [-0.2, -0.15) is 0 Å². The van der Waals surface area contributed by atoms with Gasteiger partial charge in [0, 0.05) is 42.2 Å². The first-order chi connectivity index (χ1) is 13.3. The zero-order chi connectivity index (χ0) is 20.4. The summed E-state index contributed by atoms with van der Waals surface area (Å²) in [5, 5.41) is 24.1. The van der Waals surface area contributed by atoms with Gasteiger partial charge in [0.05, 0.1) is 16.4 Å². The molecule has 0 bridgehead atoms. The number of likely N-dealkylation sites (tertiary alicyclic amines) is 1. The van der Waals surface area contributed by atoms with E-state index < -0.39 is 16.8 Å². The summed E-state index contributed by atoms with van der Waals surface area (Å²) >= 11 is 0. The van der Waals surface area contributed by atoms with E-state index in [4.69, 9.17) is 0 Å². The molecule has 1 atom stereocenters. The predicted molar refractivity (Wildman–Crippen MR) is 102 cm³/mol. The number of aliphatic carboxylic acids is 1. The van der Waals surface area contributed by atoms with Crippen LogP contribution in [0.25, 0.3) is 0 Å². The third kappa shape index (κ3) is 3.62. The summed E-state index contributed by atoms with van der Waals surface area (Å²) in [6.45, 7) is 4.63. The Morgan fingerprint density at radius 1 is 1.14 bits per heavy atom. The molecule has 0 saturated carbocycles. The molecule has 148 valence electrons. The molecular weight excluding hydrogens is 362 g/mol. The highest BCUT2D eigenvalue weighted by Crippen LogP contribution is 2.40. The van der Waals surface area contributed by atoms with Crippen LogP contribution in [0, 0.1) is 10.1 Å². The molecule has 8 heteroatoms. The van der Waals surface area contributed by atoms with Crippen LogP contribution in [0.15, 0.2) is 46.8 Å². The van der Waals surface area contributed by atoms with Crippen LogP contribution in [0.3, 0.4) is 0 Å². The third-order valence-corrected chi connectivity index (χ3v) is 5.28. The molecule has 28 heavy (non-hydrogen) atoms. The number of benzene rings is 1. The Balaban J connectivity index is 2.13. The van der Waals surface area contributed by atoms with Gasteiger partial charge in [0.2, 0.25) is 0 Å². The summed E-state index contributed by atoms with van der Waals surface area (Å²) in [6.07, 6.45) is 2.88. The van der Waals surface area contributed by atoms with Crippen molar-refractivity contribution in [1.82, 2.24) is 10.2 Å². The first-order valence-electron chi connectivity index (χ1n) is 9.26. The number of nitrogens with zero attached hydrogens (tertiary/aromatic N) is 2. The molecule has 2 aliphatic rings. The monoisotopic (exact) mass is 385 g/mol. The van der Waals surface area contributed by atoms with E-state index in [-0.39, 0.29) is 17.2 Å². The number of carboxylic acids is 1. The van der Waals surface area contributed by atoms with E-state index in [1.807, 2.05) is 0 Å². The highest BCUT2D eigenvalue weighted by atomic mass is 16.6. The molecule has 0 radical (unpaired) electrons. The summed E-state index contributed by atoms with van der Waals surface area (Å²) in [5.41, 5.74) is 1.66. The van der Waals surface area contributed by atoms with Crippen LogP contribution in [0.4, 0.5) is 5.69 Å². The summed E-state index contributed by atoms with van der Waals surface area (Å²) in [7, 11) is 0. The number of nitrogens with one attached hydrogen (secondary N) is 1. The van der Waals surface area contributed by atoms with E-state index in [1.165, 1.54) is 18.2 Å². The van der Waals surface area contributed by atoms with Crippen LogP contribution in [-0.4, -0.2) is 39.9 Å². The minimum absolute atomic E-state index is 0.0338. The highest BCUT2D eigenvalue weighted by molar-refractivity contribution is 6.01. The zero-order valence-corrected chi connectivity index (χ0v) is 15.9. The molecule has 1 unspecified atom stereocenters. The second-order valence-electron chi connectivity index (χ2n) is 7.15. The Morgan fingerprint density at radius 2 is 1.79 bits per heavy atom. The smallest absolute Gasteiger partial charge is 0.334 e. The lowest BCUT2D eigenvalue weighted by molar-refractivity contribution is -0.384. The van der Waals surface area contributed by atoms with Crippen LogP contribution in [0.5, 0.6) is 0 Å². The highest BCUT2D eigenvalue weighted by Gasteiger charge is 2.38. The fourth-order valence-electron chi connectivity index (χ4n) is 3.98. The van der Waals surface area contributed by atoms with Crippen molar-refractivity contribution < 1.29 is 19.6 Å². The Hall–Kier alpha value is -3.16. The molecule has 0 aromatic heterocycles. The van der Waals surface area contributed by atoms with E-state index in [2.05, 4.69) is 5.32 Å². The number of hydrogen-bond acceptors (Lipinski definition) is 5. The van der Waals surface area contributed by atoms with Gasteiger partial charge < -0.3 is 15.3 Å². The number of carbonyl (C=O) groups excluding carboxylic acids is 1. The van der Waals surface area contributed by atoms with Gasteiger partial charge >= 0.3 is 5.97 Å². The van der Waals surface area contributed by atoms with Crippen LogP contribution >= 0.6 is 0 Å². The maximum atomic E-state index is 13.3. The number of nitro groups is 1. The molecule has 0 aliphatic carbocycles. The largest absolute Gasteiger partial charge is 0.478 e. The van der Waals surface area contributed by atoms with Crippen LogP contribution < -0.4 is 5.32 Å². The lowest BCUT2D eigenvalue weighted by Gasteiger charge is -2.34. The van der Waals surface area contributed by atoms with Crippen LogP contribution in [-0.2, 0) is 9.59 Å². The number of non-ortho nitro benzene ring substituents is 1. The Bertz CT molecular complexity index is 897. The minimum atomic E-state index is -1.15. The van der Waals surface area contributed by atoms with Crippen molar-refractivity contribution in [2.75, 3.05) is 13.1 Å². The van der Waals surface area contributed by atoms with Gasteiger partial charge in [-0.15, -0.1) is 0 Å². The Kier molecular flexibility index (Phi) is 5.48. The first kappa shape index (κ1) is 19.6. The third-order valence-electron chi connectivity index (χ3n) is 5.28. The SMILES string of the molecule is CC1=C(C(=O)O)C(c2cccc([N+](=O)[O-])c2)C(C(=O)N2CCCCC2)=C(C)N1.